The fourth-order valence-electron chi connectivity index (χ4n) is 2.23. The van der Waals surface area contributed by atoms with Crippen LogP contribution >= 0.6 is 23.1 Å². The van der Waals surface area contributed by atoms with Crippen LogP contribution in [0.1, 0.15) is 10.4 Å². The molecular weight excluding hydrogens is 388 g/mol. The van der Waals surface area contributed by atoms with Crippen molar-refractivity contribution in [2.24, 2.45) is 4.40 Å². The van der Waals surface area contributed by atoms with Crippen LogP contribution in [0, 0.1) is 6.92 Å². The number of hydrogen-bond donors (Lipinski definition) is 0. The Morgan fingerprint density at radius 1 is 1.23 bits per heavy atom. The molecule has 1 aliphatic rings. The van der Waals surface area contributed by atoms with E-state index < -0.39 is 10.0 Å². The molecule has 134 valence electrons. The Bertz CT molecular complexity index is 989. The van der Waals surface area contributed by atoms with Crippen LogP contribution < -0.4 is 0 Å². The van der Waals surface area contributed by atoms with Gasteiger partial charge in [0.05, 0.1) is 9.80 Å². The van der Waals surface area contributed by atoms with Crippen molar-refractivity contribution in [3.05, 3.63) is 69.8 Å². The van der Waals surface area contributed by atoms with E-state index in [0.717, 1.165) is 22.2 Å². The quantitative estimate of drug-likeness (QED) is 0.560. The number of hydrogen-bond acceptors (Lipinski definition) is 5. The molecule has 1 aromatic carbocycles. The topological polar surface area (TPSA) is 66.8 Å². The van der Waals surface area contributed by atoms with E-state index in [4.69, 9.17) is 0 Å². The molecule has 1 saturated heterocycles. The summed E-state index contributed by atoms with van der Waals surface area (Å²) < 4.78 is 29.1. The molecule has 0 atom stereocenters. The highest BCUT2D eigenvalue weighted by molar-refractivity contribution is 8.19. The van der Waals surface area contributed by atoms with Crippen molar-refractivity contribution in [2.45, 2.75) is 11.8 Å². The molecule has 3 rings (SSSR count). The lowest BCUT2D eigenvalue weighted by atomic mass is 10.2. The normalized spacial score (nSPS) is 18.0. The van der Waals surface area contributed by atoms with Crippen molar-refractivity contribution in [1.29, 1.82) is 0 Å². The van der Waals surface area contributed by atoms with Crippen LogP contribution in [0.3, 0.4) is 0 Å². The Hall–Kier alpha value is -2.16. The summed E-state index contributed by atoms with van der Waals surface area (Å²) in [5.41, 5.74) is 0.955. The van der Waals surface area contributed by atoms with Gasteiger partial charge in [-0.1, -0.05) is 29.8 Å². The number of rotatable bonds is 5. The van der Waals surface area contributed by atoms with Crippen molar-refractivity contribution in [2.75, 3.05) is 6.54 Å². The summed E-state index contributed by atoms with van der Waals surface area (Å²) in [6, 6.07) is 10.2. The standard InChI is InChI=1S/C18H16N2O3S3/c1-3-10-20-17(21)16(12-14-5-4-11-24-14)25-18(20)19-26(22,23)15-8-6-13(2)7-9-15/h3-9,11-12H,1,10H2,2H3. The zero-order valence-corrected chi connectivity index (χ0v) is 16.4. The second-order valence-corrected chi connectivity index (χ2v) is 9.08. The van der Waals surface area contributed by atoms with Crippen molar-refractivity contribution < 1.29 is 13.2 Å². The maximum absolute atomic E-state index is 12.6. The molecule has 0 aliphatic carbocycles. The Morgan fingerprint density at radius 2 is 1.96 bits per heavy atom. The first kappa shape index (κ1) is 18.6. The zero-order chi connectivity index (χ0) is 18.7. The van der Waals surface area contributed by atoms with Crippen LogP contribution in [0.15, 0.2) is 68.6 Å². The summed E-state index contributed by atoms with van der Waals surface area (Å²) in [6.07, 6.45) is 3.29. The maximum Gasteiger partial charge on any atom is 0.284 e. The molecule has 8 heteroatoms. The summed E-state index contributed by atoms with van der Waals surface area (Å²) in [6.45, 7) is 5.70. The summed E-state index contributed by atoms with van der Waals surface area (Å²) >= 11 is 2.56. The Balaban J connectivity index is 1.98. The van der Waals surface area contributed by atoms with Crippen LogP contribution in [-0.4, -0.2) is 30.9 Å². The molecule has 26 heavy (non-hydrogen) atoms. The molecule has 0 unspecified atom stereocenters. The number of nitrogens with zero attached hydrogens (tertiary/aromatic N) is 2. The van der Waals surface area contributed by atoms with E-state index in [9.17, 15) is 13.2 Å². The van der Waals surface area contributed by atoms with Crippen LogP contribution in [0.4, 0.5) is 0 Å². The number of thioether (sulfide) groups is 1. The van der Waals surface area contributed by atoms with Crippen LogP contribution in [0.25, 0.3) is 6.08 Å². The van der Waals surface area contributed by atoms with Crippen molar-refractivity contribution in [3.8, 4) is 0 Å². The van der Waals surface area contributed by atoms with Gasteiger partial charge in [0.25, 0.3) is 15.9 Å². The molecule has 1 aliphatic heterocycles. The average molecular weight is 405 g/mol. The second-order valence-electron chi connectivity index (χ2n) is 5.49. The molecular formula is C18H16N2O3S3. The number of amidine groups is 1. The highest BCUT2D eigenvalue weighted by Crippen LogP contribution is 2.34. The molecule has 1 amide bonds. The van der Waals surface area contributed by atoms with E-state index in [2.05, 4.69) is 11.0 Å². The number of carbonyl (C=O) groups is 1. The van der Waals surface area contributed by atoms with Crippen molar-refractivity contribution in [3.63, 3.8) is 0 Å². The summed E-state index contributed by atoms with van der Waals surface area (Å²) in [7, 11) is -3.91. The number of aryl methyl sites for hydroxylation is 1. The van der Waals surface area contributed by atoms with E-state index in [-0.39, 0.29) is 22.5 Å². The predicted octanol–water partition coefficient (Wildman–Crippen LogP) is 3.90. The minimum Gasteiger partial charge on any atom is -0.282 e. The van der Waals surface area contributed by atoms with Crippen molar-refractivity contribution >= 4 is 50.3 Å². The average Bonchev–Trinajstić information content (AvgIpc) is 3.20. The smallest absolute Gasteiger partial charge is 0.282 e. The first-order valence-corrected chi connectivity index (χ1v) is 10.8. The maximum atomic E-state index is 12.6. The lowest BCUT2D eigenvalue weighted by molar-refractivity contribution is -0.121. The van der Waals surface area contributed by atoms with E-state index in [1.54, 1.807) is 24.3 Å². The van der Waals surface area contributed by atoms with Crippen molar-refractivity contribution in [1.82, 2.24) is 4.90 Å². The Kier molecular flexibility index (Phi) is 5.45. The van der Waals surface area contributed by atoms with Crippen LogP contribution in [0.2, 0.25) is 0 Å². The molecule has 0 spiro atoms. The lowest BCUT2D eigenvalue weighted by Gasteiger charge is -2.12. The third-order valence-electron chi connectivity index (χ3n) is 3.53. The third-order valence-corrected chi connectivity index (χ3v) is 6.76. The molecule has 0 bridgehead atoms. The summed E-state index contributed by atoms with van der Waals surface area (Å²) in [5.74, 6) is -0.277. The molecule has 0 radical (unpaired) electrons. The molecule has 2 heterocycles. The van der Waals surface area contributed by atoms with Gasteiger partial charge >= 0.3 is 0 Å². The first-order valence-electron chi connectivity index (χ1n) is 7.68. The molecule has 2 aromatic rings. The largest absolute Gasteiger partial charge is 0.284 e. The van der Waals surface area contributed by atoms with Gasteiger partial charge in [0.1, 0.15) is 0 Å². The Morgan fingerprint density at radius 3 is 2.58 bits per heavy atom. The van der Waals surface area contributed by atoms with Gasteiger partial charge in [-0.3, -0.25) is 9.69 Å². The number of carbonyl (C=O) groups excluding carboxylic acids is 1. The number of amides is 1. The number of benzene rings is 1. The molecule has 5 nitrogen and oxygen atoms in total. The highest BCUT2D eigenvalue weighted by atomic mass is 32.2. The molecule has 0 saturated carbocycles. The first-order chi connectivity index (χ1) is 12.4. The highest BCUT2D eigenvalue weighted by Gasteiger charge is 2.34. The monoisotopic (exact) mass is 404 g/mol. The van der Waals surface area contributed by atoms with Crippen LogP contribution in [0.5, 0.6) is 0 Å². The van der Waals surface area contributed by atoms with E-state index in [1.807, 2.05) is 24.4 Å². The number of thiophene rings is 1. The summed E-state index contributed by atoms with van der Waals surface area (Å²) in [4.78, 5) is 15.4. The molecule has 1 fully saturated rings. The van der Waals surface area contributed by atoms with Gasteiger partial charge in [0.15, 0.2) is 5.17 Å². The van der Waals surface area contributed by atoms with Gasteiger partial charge in [-0.2, -0.15) is 8.42 Å². The van der Waals surface area contributed by atoms with Crippen LogP contribution in [-0.2, 0) is 14.8 Å². The van der Waals surface area contributed by atoms with E-state index >= 15 is 0 Å². The predicted molar refractivity (Wildman–Crippen MR) is 108 cm³/mol. The van der Waals surface area contributed by atoms with Gasteiger partial charge in [0.2, 0.25) is 0 Å². The minimum absolute atomic E-state index is 0.0953. The Labute approximate surface area is 160 Å². The molecule has 1 aromatic heterocycles. The fourth-order valence-corrected chi connectivity index (χ4v) is 5.15. The van der Waals surface area contributed by atoms with Gasteiger partial charge < -0.3 is 0 Å². The zero-order valence-electron chi connectivity index (χ0n) is 14.0. The van der Waals surface area contributed by atoms with E-state index in [0.29, 0.717) is 4.91 Å². The number of sulfonamides is 1. The van der Waals surface area contributed by atoms with Gasteiger partial charge in [-0.15, -0.1) is 22.3 Å². The third kappa shape index (κ3) is 3.98. The van der Waals surface area contributed by atoms with Gasteiger partial charge in [-0.25, -0.2) is 0 Å². The van der Waals surface area contributed by atoms with Gasteiger partial charge in [-0.05, 0) is 48.3 Å². The molecule has 0 N–H and O–H groups in total. The lowest BCUT2D eigenvalue weighted by Crippen LogP contribution is -2.29. The minimum atomic E-state index is -3.91. The SMILES string of the molecule is C=CCN1C(=O)C(=Cc2cccs2)SC1=NS(=O)(=O)c1ccc(C)cc1. The second kappa shape index (κ2) is 7.61. The van der Waals surface area contributed by atoms with E-state index in [1.165, 1.54) is 28.4 Å². The van der Waals surface area contributed by atoms with Gasteiger partial charge in [0, 0.05) is 11.4 Å². The fraction of sp³-hybridized carbons (Fsp3) is 0.111. The summed E-state index contributed by atoms with van der Waals surface area (Å²) in [5, 5.41) is 2.05.